The van der Waals surface area contributed by atoms with E-state index in [-0.39, 0.29) is 5.91 Å². The number of amides is 1. The Balaban J connectivity index is 1.92. The summed E-state index contributed by atoms with van der Waals surface area (Å²) in [5.41, 5.74) is 3.85. The molecule has 0 aromatic heterocycles. The van der Waals surface area contributed by atoms with E-state index >= 15 is 0 Å². The lowest BCUT2D eigenvalue weighted by Gasteiger charge is -2.02. The van der Waals surface area contributed by atoms with Gasteiger partial charge in [0, 0.05) is 12.1 Å². The zero-order chi connectivity index (χ0) is 13.1. The molecule has 1 aliphatic carbocycles. The minimum absolute atomic E-state index is 0.0861. The van der Waals surface area contributed by atoms with Gasteiger partial charge in [0.15, 0.2) is 0 Å². The summed E-state index contributed by atoms with van der Waals surface area (Å²) in [6, 6.07) is 0. The Labute approximate surface area is 111 Å². The van der Waals surface area contributed by atoms with Crippen LogP contribution in [0.1, 0.15) is 84.0 Å². The molecule has 0 aliphatic heterocycles. The van der Waals surface area contributed by atoms with Crippen LogP contribution in [0.2, 0.25) is 0 Å². The van der Waals surface area contributed by atoms with E-state index < -0.39 is 0 Å². The molecule has 0 aromatic carbocycles. The average Bonchev–Trinajstić information content (AvgIpc) is 2.88. The highest BCUT2D eigenvalue weighted by Gasteiger charge is 2.08. The predicted molar refractivity (Wildman–Crippen MR) is 76.7 cm³/mol. The third kappa shape index (κ3) is 7.46. The molecule has 1 N–H and O–H groups in total. The first-order valence-electron chi connectivity index (χ1n) is 7.67. The zero-order valence-electron chi connectivity index (χ0n) is 11.8. The summed E-state index contributed by atoms with van der Waals surface area (Å²) in [6.07, 6.45) is 14.0. The summed E-state index contributed by atoms with van der Waals surface area (Å²) < 4.78 is 0. The van der Waals surface area contributed by atoms with Crippen molar-refractivity contribution in [2.45, 2.75) is 84.0 Å². The van der Waals surface area contributed by atoms with Gasteiger partial charge in [0.2, 0.25) is 5.91 Å². The van der Waals surface area contributed by atoms with E-state index in [1.807, 2.05) is 0 Å². The molecule has 3 nitrogen and oxygen atoms in total. The summed E-state index contributed by atoms with van der Waals surface area (Å²) >= 11 is 0. The van der Waals surface area contributed by atoms with Crippen LogP contribution >= 0.6 is 0 Å². The lowest BCUT2D eigenvalue weighted by molar-refractivity contribution is -0.121. The van der Waals surface area contributed by atoms with Crippen molar-refractivity contribution in [3.05, 3.63) is 0 Å². The fourth-order valence-corrected chi connectivity index (χ4v) is 2.33. The summed E-state index contributed by atoms with van der Waals surface area (Å²) in [5, 5.41) is 4.18. The molecule has 1 fully saturated rings. The topological polar surface area (TPSA) is 41.5 Å². The standard InChI is InChI=1S/C15H28N2O/c1-2-3-4-5-6-7-8-13-15(18)17-16-14-11-9-10-12-14/h2-13H2,1H3,(H,17,18). The van der Waals surface area contributed by atoms with Crippen LogP contribution in [-0.2, 0) is 4.79 Å². The maximum atomic E-state index is 11.5. The van der Waals surface area contributed by atoms with E-state index in [1.54, 1.807) is 0 Å². The van der Waals surface area contributed by atoms with E-state index in [0.29, 0.717) is 6.42 Å². The summed E-state index contributed by atoms with van der Waals surface area (Å²) in [4.78, 5) is 11.5. The van der Waals surface area contributed by atoms with Crippen LogP contribution < -0.4 is 5.43 Å². The van der Waals surface area contributed by atoms with Crippen LogP contribution in [0, 0.1) is 0 Å². The number of nitrogens with one attached hydrogen (secondary N) is 1. The molecule has 0 saturated heterocycles. The van der Waals surface area contributed by atoms with Gasteiger partial charge in [-0.2, -0.15) is 5.10 Å². The Kier molecular flexibility index (Phi) is 8.53. The quantitative estimate of drug-likeness (QED) is 0.485. The highest BCUT2D eigenvalue weighted by atomic mass is 16.2. The maximum absolute atomic E-state index is 11.5. The third-order valence-corrected chi connectivity index (χ3v) is 3.53. The molecule has 1 saturated carbocycles. The zero-order valence-corrected chi connectivity index (χ0v) is 11.8. The number of hydrazone groups is 1. The van der Waals surface area contributed by atoms with Gasteiger partial charge in [0.25, 0.3) is 0 Å². The molecule has 0 bridgehead atoms. The molecule has 0 heterocycles. The van der Waals surface area contributed by atoms with Crippen molar-refractivity contribution in [3.63, 3.8) is 0 Å². The van der Waals surface area contributed by atoms with Crippen molar-refractivity contribution in [2.75, 3.05) is 0 Å². The lowest BCUT2D eigenvalue weighted by Crippen LogP contribution is -2.18. The first-order chi connectivity index (χ1) is 8.83. The van der Waals surface area contributed by atoms with Crippen LogP contribution in [-0.4, -0.2) is 11.6 Å². The molecule has 1 aliphatic rings. The summed E-state index contributed by atoms with van der Waals surface area (Å²) in [6.45, 7) is 2.23. The van der Waals surface area contributed by atoms with E-state index in [9.17, 15) is 4.79 Å². The second-order valence-corrected chi connectivity index (χ2v) is 5.29. The normalized spacial score (nSPS) is 14.8. The molecule has 3 heteroatoms. The molecular formula is C15H28N2O. The van der Waals surface area contributed by atoms with Gasteiger partial charge in [0.05, 0.1) is 0 Å². The minimum atomic E-state index is 0.0861. The highest BCUT2D eigenvalue weighted by molar-refractivity contribution is 5.87. The second kappa shape index (κ2) is 10.1. The molecule has 1 amide bonds. The minimum Gasteiger partial charge on any atom is -0.273 e. The SMILES string of the molecule is CCCCCCCCCC(=O)NN=C1CCCC1. The van der Waals surface area contributed by atoms with E-state index in [4.69, 9.17) is 0 Å². The first-order valence-corrected chi connectivity index (χ1v) is 7.67. The fourth-order valence-electron chi connectivity index (χ4n) is 2.33. The third-order valence-electron chi connectivity index (χ3n) is 3.53. The Morgan fingerprint density at radius 1 is 1.06 bits per heavy atom. The molecule has 0 unspecified atom stereocenters. The van der Waals surface area contributed by atoms with Crippen molar-refractivity contribution >= 4 is 11.6 Å². The first kappa shape index (κ1) is 15.2. The van der Waals surface area contributed by atoms with E-state index in [2.05, 4.69) is 17.5 Å². The number of carbonyl (C=O) groups is 1. The van der Waals surface area contributed by atoms with Crippen LogP contribution in [0.4, 0.5) is 0 Å². The Bertz CT molecular complexity index is 253. The van der Waals surface area contributed by atoms with Crippen LogP contribution in [0.3, 0.4) is 0 Å². The average molecular weight is 252 g/mol. The largest absolute Gasteiger partial charge is 0.273 e. The van der Waals surface area contributed by atoms with Crippen molar-refractivity contribution in [1.82, 2.24) is 5.43 Å². The Hall–Kier alpha value is -0.860. The van der Waals surface area contributed by atoms with Gasteiger partial charge < -0.3 is 0 Å². The molecule has 1 rings (SSSR count). The molecular weight excluding hydrogens is 224 g/mol. The predicted octanol–water partition coefficient (Wildman–Crippen LogP) is 4.17. The van der Waals surface area contributed by atoms with Gasteiger partial charge in [-0.1, -0.05) is 45.4 Å². The van der Waals surface area contributed by atoms with Crippen LogP contribution in [0.25, 0.3) is 0 Å². The smallest absolute Gasteiger partial charge is 0.240 e. The van der Waals surface area contributed by atoms with Gasteiger partial charge >= 0.3 is 0 Å². The Morgan fingerprint density at radius 3 is 2.33 bits per heavy atom. The number of carbonyl (C=O) groups excluding carboxylic acids is 1. The van der Waals surface area contributed by atoms with E-state index in [0.717, 1.165) is 19.3 Å². The number of nitrogens with zero attached hydrogens (tertiary/aromatic N) is 1. The molecule has 18 heavy (non-hydrogen) atoms. The molecule has 0 radical (unpaired) electrons. The lowest BCUT2D eigenvalue weighted by atomic mass is 10.1. The van der Waals surface area contributed by atoms with Gasteiger partial charge in [0.1, 0.15) is 0 Å². The highest BCUT2D eigenvalue weighted by Crippen LogP contribution is 2.14. The monoisotopic (exact) mass is 252 g/mol. The molecule has 0 spiro atoms. The van der Waals surface area contributed by atoms with Gasteiger partial charge in [-0.15, -0.1) is 0 Å². The van der Waals surface area contributed by atoms with Gasteiger partial charge in [-0.25, -0.2) is 5.43 Å². The molecule has 0 aromatic rings. The maximum Gasteiger partial charge on any atom is 0.240 e. The van der Waals surface area contributed by atoms with E-state index in [1.165, 1.54) is 57.1 Å². The number of unbranched alkanes of at least 4 members (excludes halogenated alkanes) is 6. The number of rotatable bonds is 9. The molecule has 0 atom stereocenters. The van der Waals surface area contributed by atoms with Crippen LogP contribution in [0.15, 0.2) is 5.10 Å². The van der Waals surface area contributed by atoms with Gasteiger partial charge in [-0.05, 0) is 32.1 Å². The fraction of sp³-hybridized carbons (Fsp3) is 0.867. The van der Waals surface area contributed by atoms with Crippen molar-refractivity contribution in [1.29, 1.82) is 0 Å². The second-order valence-electron chi connectivity index (χ2n) is 5.29. The van der Waals surface area contributed by atoms with Crippen molar-refractivity contribution in [2.24, 2.45) is 5.10 Å². The van der Waals surface area contributed by atoms with Crippen molar-refractivity contribution < 1.29 is 4.79 Å². The number of hydrogen-bond acceptors (Lipinski definition) is 2. The number of hydrogen-bond donors (Lipinski definition) is 1. The van der Waals surface area contributed by atoms with Gasteiger partial charge in [-0.3, -0.25) is 4.79 Å². The summed E-state index contributed by atoms with van der Waals surface area (Å²) in [7, 11) is 0. The van der Waals surface area contributed by atoms with Crippen molar-refractivity contribution in [3.8, 4) is 0 Å². The summed E-state index contributed by atoms with van der Waals surface area (Å²) in [5.74, 6) is 0.0861. The Morgan fingerprint density at radius 2 is 1.67 bits per heavy atom. The van der Waals surface area contributed by atoms with Crippen LogP contribution in [0.5, 0.6) is 0 Å². The molecule has 104 valence electrons.